The van der Waals surface area contributed by atoms with Crippen molar-refractivity contribution in [3.8, 4) is 0 Å². The van der Waals surface area contributed by atoms with Crippen LogP contribution in [0.2, 0.25) is 0 Å². The fourth-order valence-electron chi connectivity index (χ4n) is 5.13. The van der Waals surface area contributed by atoms with Gasteiger partial charge in [-0.25, -0.2) is 13.6 Å². The number of urea groups is 1. The minimum absolute atomic E-state index is 0.108. The van der Waals surface area contributed by atoms with E-state index in [9.17, 15) is 9.59 Å². The number of hydrogen-bond donors (Lipinski definition) is 2. The lowest BCUT2D eigenvalue weighted by atomic mass is 9.92. The van der Waals surface area contributed by atoms with Gasteiger partial charge in [0.2, 0.25) is 0 Å². The maximum Gasteiger partial charge on any atom is 0.321 e. The number of nitrogens with one attached hydrogen (secondary N) is 2. The van der Waals surface area contributed by atoms with Crippen LogP contribution in [0.25, 0.3) is 10.9 Å². The molecule has 2 aliphatic rings. The van der Waals surface area contributed by atoms with Crippen molar-refractivity contribution < 1.29 is 18.4 Å². The average molecular weight is 462 g/mol. The molecule has 4 rings (SSSR count). The summed E-state index contributed by atoms with van der Waals surface area (Å²) in [4.78, 5) is 26.5. The van der Waals surface area contributed by atoms with Crippen molar-refractivity contribution in [2.75, 3.05) is 51.2 Å². The minimum Gasteiger partial charge on any atom is -0.344 e. The largest absolute Gasteiger partial charge is 0.344 e. The van der Waals surface area contributed by atoms with Gasteiger partial charge in [-0.05, 0) is 50.9 Å². The molecule has 0 aliphatic carbocycles. The summed E-state index contributed by atoms with van der Waals surface area (Å²) in [5.74, 6) is -0.500. The fourth-order valence-corrected chi connectivity index (χ4v) is 5.13. The molecule has 9 heteroatoms. The average Bonchev–Trinajstić information content (AvgIpc) is 3.22. The molecule has 180 valence electrons. The number of carbonyl (C=O) groups excluding carboxylic acids is 2. The maximum absolute atomic E-state index is 15.1. The number of aldehydes is 1. The Morgan fingerprint density at radius 3 is 2.70 bits per heavy atom. The predicted molar refractivity (Wildman–Crippen MR) is 125 cm³/mol. The van der Waals surface area contributed by atoms with Gasteiger partial charge in [-0.15, -0.1) is 0 Å². The SMILES string of the molecule is CNC(=O)N(CCC=O)c1cc2ccn(C3CCN(CC4(F)CCNCC4)CC3)c2cc1F. The van der Waals surface area contributed by atoms with E-state index in [0.717, 1.165) is 49.9 Å². The van der Waals surface area contributed by atoms with E-state index < -0.39 is 17.5 Å². The number of rotatable bonds is 7. The van der Waals surface area contributed by atoms with Gasteiger partial charge < -0.3 is 24.9 Å². The highest BCUT2D eigenvalue weighted by molar-refractivity contribution is 5.95. The first kappa shape index (κ1) is 23.6. The van der Waals surface area contributed by atoms with Crippen LogP contribution < -0.4 is 15.5 Å². The van der Waals surface area contributed by atoms with Crippen LogP contribution in [0, 0.1) is 5.82 Å². The Balaban J connectivity index is 1.48. The lowest BCUT2D eigenvalue weighted by Crippen LogP contribution is -2.48. The lowest BCUT2D eigenvalue weighted by Gasteiger charge is -2.39. The molecular weight excluding hydrogens is 428 g/mol. The van der Waals surface area contributed by atoms with Crippen molar-refractivity contribution in [3.63, 3.8) is 0 Å². The standard InChI is InChI=1S/C24H33F2N5O2/c1-27-23(33)31(10-2-14-32)22-15-18-3-13-30(21(18)16-20(22)25)19-4-11-29(12-5-19)17-24(26)6-8-28-9-7-24/h3,13-16,19,28H,2,4-12,17H2,1H3,(H,27,33). The van der Waals surface area contributed by atoms with E-state index in [1.807, 2.05) is 12.3 Å². The quantitative estimate of drug-likeness (QED) is 0.621. The Morgan fingerprint density at radius 2 is 2.03 bits per heavy atom. The summed E-state index contributed by atoms with van der Waals surface area (Å²) in [5, 5.41) is 6.57. The van der Waals surface area contributed by atoms with Gasteiger partial charge in [0, 0.05) is 63.3 Å². The monoisotopic (exact) mass is 461 g/mol. The van der Waals surface area contributed by atoms with Crippen molar-refractivity contribution in [1.29, 1.82) is 0 Å². The van der Waals surface area contributed by atoms with E-state index in [1.54, 1.807) is 6.07 Å². The van der Waals surface area contributed by atoms with Crippen LogP contribution in [0.5, 0.6) is 0 Å². The van der Waals surface area contributed by atoms with Gasteiger partial charge in [-0.3, -0.25) is 4.90 Å². The lowest BCUT2D eigenvalue weighted by molar-refractivity contribution is -0.107. The smallest absolute Gasteiger partial charge is 0.321 e. The summed E-state index contributed by atoms with van der Waals surface area (Å²) >= 11 is 0. The third-order valence-electron chi connectivity index (χ3n) is 6.97. The van der Waals surface area contributed by atoms with Crippen LogP contribution in [0.1, 0.15) is 38.1 Å². The molecule has 0 saturated carbocycles. The van der Waals surface area contributed by atoms with Gasteiger partial charge in [-0.1, -0.05) is 0 Å². The molecule has 33 heavy (non-hydrogen) atoms. The fraction of sp³-hybridized carbons (Fsp3) is 0.583. The number of nitrogens with zero attached hydrogens (tertiary/aromatic N) is 3. The summed E-state index contributed by atoms with van der Waals surface area (Å²) in [6, 6.07) is 4.83. The van der Waals surface area contributed by atoms with Crippen LogP contribution in [0.3, 0.4) is 0 Å². The number of piperidine rings is 2. The van der Waals surface area contributed by atoms with Gasteiger partial charge in [0.25, 0.3) is 0 Å². The van der Waals surface area contributed by atoms with E-state index in [4.69, 9.17) is 0 Å². The minimum atomic E-state index is -1.10. The number of hydrogen-bond acceptors (Lipinski definition) is 4. The second-order valence-corrected chi connectivity index (χ2v) is 9.16. The van der Waals surface area contributed by atoms with Gasteiger partial charge >= 0.3 is 6.03 Å². The van der Waals surface area contributed by atoms with Gasteiger partial charge in [0.1, 0.15) is 17.8 Å². The summed E-state index contributed by atoms with van der Waals surface area (Å²) in [6.07, 6.45) is 5.70. The zero-order chi connectivity index (χ0) is 23.4. The molecule has 1 aromatic carbocycles. The van der Waals surface area contributed by atoms with Crippen LogP contribution in [0.4, 0.5) is 19.3 Å². The molecule has 3 heterocycles. The highest BCUT2D eigenvalue weighted by Crippen LogP contribution is 2.33. The third kappa shape index (κ3) is 5.19. The van der Waals surface area contributed by atoms with Crippen LogP contribution in [0.15, 0.2) is 24.4 Å². The van der Waals surface area contributed by atoms with Crippen LogP contribution in [-0.4, -0.2) is 73.8 Å². The van der Waals surface area contributed by atoms with Crippen molar-refractivity contribution in [1.82, 2.24) is 20.1 Å². The molecule has 1 aromatic heterocycles. The Bertz CT molecular complexity index is 981. The number of fused-ring (bicyclic) bond motifs is 1. The van der Waals surface area contributed by atoms with Gasteiger partial charge in [-0.2, -0.15) is 0 Å². The summed E-state index contributed by atoms with van der Waals surface area (Å²) in [6.45, 7) is 3.71. The van der Waals surface area contributed by atoms with Crippen LogP contribution >= 0.6 is 0 Å². The molecule has 2 N–H and O–H groups in total. The van der Waals surface area contributed by atoms with Crippen molar-refractivity contribution >= 4 is 28.9 Å². The normalized spacial score (nSPS) is 19.5. The second kappa shape index (κ2) is 10.2. The molecule has 0 spiro atoms. The molecule has 7 nitrogen and oxygen atoms in total. The molecule has 2 fully saturated rings. The van der Waals surface area contributed by atoms with Gasteiger partial charge in [0.15, 0.2) is 0 Å². The highest BCUT2D eigenvalue weighted by Gasteiger charge is 2.35. The predicted octanol–water partition coefficient (Wildman–Crippen LogP) is 3.24. The summed E-state index contributed by atoms with van der Waals surface area (Å²) < 4.78 is 32.3. The summed E-state index contributed by atoms with van der Waals surface area (Å²) in [5.41, 5.74) is -0.160. The molecule has 2 aromatic rings. The van der Waals surface area contributed by atoms with E-state index in [2.05, 4.69) is 20.1 Å². The Morgan fingerprint density at radius 1 is 1.30 bits per heavy atom. The van der Waals surface area contributed by atoms with Crippen molar-refractivity contribution in [3.05, 3.63) is 30.2 Å². The van der Waals surface area contributed by atoms with E-state index >= 15 is 8.78 Å². The van der Waals surface area contributed by atoms with Crippen LogP contribution in [-0.2, 0) is 4.79 Å². The number of alkyl halides is 1. The Hall–Kier alpha value is -2.52. The molecule has 0 bridgehead atoms. The number of benzene rings is 1. The first-order valence-corrected chi connectivity index (χ1v) is 11.8. The number of aromatic nitrogens is 1. The number of carbonyl (C=O) groups is 2. The number of likely N-dealkylation sites (tertiary alicyclic amines) is 1. The number of anilines is 1. The van der Waals surface area contributed by atoms with Crippen molar-refractivity contribution in [2.45, 2.75) is 43.8 Å². The van der Waals surface area contributed by atoms with E-state index in [0.29, 0.717) is 25.7 Å². The first-order valence-electron chi connectivity index (χ1n) is 11.8. The Labute approximate surface area is 193 Å². The molecule has 2 amide bonds. The van der Waals surface area contributed by atoms with E-state index in [1.165, 1.54) is 18.0 Å². The molecule has 2 aliphatic heterocycles. The van der Waals surface area contributed by atoms with Gasteiger partial charge in [0.05, 0.1) is 11.2 Å². The molecular formula is C24H33F2N5O2. The summed E-state index contributed by atoms with van der Waals surface area (Å²) in [7, 11) is 1.48. The molecule has 0 radical (unpaired) electrons. The number of amides is 2. The van der Waals surface area contributed by atoms with Crippen molar-refractivity contribution in [2.24, 2.45) is 0 Å². The zero-order valence-corrected chi connectivity index (χ0v) is 19.2. The number of halogens is 2. The van der Waals surface area contributed by atoms with E-state index in [-0.39, 0.29) is 24.7 Å². The Kier molecular flexibility index (Phi) is 7.29. The topological polar surface area (TPSA) is 69.6 Å². The molecule has 2 saturated heterocycles. The highest BCUT2D eigenvalue weighted by atomic mass is 19.1. The molecule has 0 atom stereocenters. The third-order valence-corrected chi connectivity index (χ3v) is 6.97. The first-order chi connectivity index (χ1) is 15.9. The zero-order valence-electron chi connectivity index (χ0n) is 19.2. The second-order valence-electron chi connectivity index (χ2n) is 9.16. The molecule has 0 unspecified atom stereocenters. The maximum atomic E-state index is 15.1.